The number of alkyl halides is 3. The number of nitrogens with zero attached hydrogens (tertiary/aromatic N) is 2. The zero-order valence-electron chi connectivity index (χ0n) is 10.1. The van der Waals surface area contributed by atoms with Gasteiger partial charge in [0.05, 0.1) is 13.0 Å². The molecule has 4 nitrogen and oxygen atoms in total. The fourth-order valence-electron chi connectivity index (χ4n) is 1.62. The van der Waals surface area contributed by atoms with Crippen molar-refractivity contribution in [3.8, 4) is 6.07 Å². The molecule has 0 aliphatic heterocycles. The van der Waals surface area contributed by atoms with E-state index < -0.39 is 12.4 Å². The third-order valence-corrected chi connectivity index (χ3v) is 3.01. The molecule has 0 aliphatic rings. The molecule has 1 aromatic rings. The van der Waals surface area contributed by atoms with Crippen LogP contribution in [0.2, 0.25) is 0 Å². The van der Waals surface area contributed by atoms with E-state index >= 15 is 0 Å². The van der Waals surface area contributed by atoms with Gasteiger partial charge in [-0.2, -0.15) is 5.26 Å². The van der Waals surface area contributed by atoms with Gasteiger partial charge in [0.1, 0.15) is 11.8 Å². The maximum atomic E-state index is 13.1. The molecule has 0 bridgehead atoms. The molecule has 0 unspecified atom stereocenters. The Hall–Kier alpha value is -1.55. The summed E-state index contributed by atoms with van der Waals surface area (Å²) in [5.41, 5.74) is -0.300. The van der Waals surface area contributed by atoms with Gasteiger partial charge in [-0.1, -0.05) is 15.9 Å². The van der Waals surface area contributed by atoms with Gasteiger partial charge in [-0.3, -0.25) is 4.79 Å². The Balaban J connectivity index is 3.31. The lowest BCUT2D eigenvalue weighted by atomic mass is 10.00. The normalized spacial score (nSPS) is 10.3. The highest BCUT2D eigenvalue weighted by molar-refractivity contribution is 9.08. The summed E-state index contributed by atoms with van der Waals surface area (Å²) in [6.45, 7) is 1.76. The Bertz CT molecular complexity index is 515. The monoisotopic (exact) mass is 332 g/mol. The van der Waals surface area contributed by atoms with E-state index in [0.717, 1.165) is 0 Å². The van der Waals surface area contributed by atoms with Gasteiger partial charge < -0.3 is 4.74 Å². The number of aromatic nitrogens is 1. The lowest BCUT2D eigenvalue weighted by Crippen LogP contribution is -2.13. The average molecular weight is 333 g/mol. The van der Waals surface area contributed by atoms with Gasteiger partial charge in [0.15, 0.2) is 0 Å². The molecule has 1 heterocycles. The van der Waals surface area contributed by atoms with Crippen LogP contribution in [0, 0.1) is 11.3 Å². The lowest BCUT2D eigenvalue weighted by molar-refractivity contribution is -0.142. The zero-order chi connectivity index (χ0) is 14.4. The molecule has 0 saturated heterocycles. The van der Waals surface area contributed by atoms with Crippen molar-refractivity contribution < 1.29 is 18.3 Å². The summed E-state index contributed by atoms with van der Waals surface area (Å²) >= 11 is 3.08. The smallest absolute Gasteiger partial charge is 0.310 e. The predicted molar refractivity (Wildman–Crippen MR) is 66.9 cm³/mol. The molecule has 0 radical (unpaired) electrons. The first-order valence-corrected chi connectivity index (χ1v) is 6.57. The van der Waals surface area contributed by atoms with Crippen LogP contribution in [0.1, 0.15) is 35.7 Å². The molecule has 0 aromatic carbocycles. The van der Waals surface area contributed by atoms with Gasteiger partial charge in [-0.05, 0) is 12.5 Å². The number of hydrogen-bond acceptors (Lipinski definition) is 4. The van der Waals surface area contributed by atoms with Crippen molar-refractivity contribution in [2.45, 2.75) is 25.1 Å². The second-order valence-electron chi connectivity index (χ2n) is 3.55. The molecule has 19 heavy (non-hydrogen) atoms. The Kier molecular flexibility index (Phi) is 5.83. The Morgan fingerprint density at radius 3 is 2.79 bits per heavy atom. The van der Waals surface area contributed by atoms with Crippen molar-refractivity contribution in [2.24, 2.45) is 0 Å². The fraction of sp³-hybridized carbons (Fsp3) is 0.417. The van der Waals surface area contributed by atoms with E-state index in [0.29, 0.717) is 0 Å². The third-order valence-electron chi connectivity index (χ3n) is 2.40. The third kappa shape index (κ3) is 3.70. The topological polar surface area (TPSA) is 63.0 Å². The largest absolute Gasteiger partial charge is 0.466 e. The van der Waals surface area contributed by atoms with Gasteiger partial charge in [0.25, 0.3) is 6.43 Å². The standard InChI is InChI=1S/C12H11BrF2N2O2/c1-2-19-10(18)3-8-9(5-16)17-6-7(4-13)11(8)12(14)15/h6,12H,2-4H2,1H3. The number of ether oxygens (including phenoxy) is 1. The first-order valence-electron chi connectivity index (χ1n) is 5.45. The molecule has 0 aliphatic carbocycles. The highest BCUT2D eigenvalue weighted by atomic mass is 79.9. The highest BCUT2D eigenvalue weighted by Crippen LogP contribution is 2.30. The van der Waals surface area contributed by atoms with E-state index in [2.05, 4.69) is 20.9 Å². The molecule has 7 heteroatoms. The molecule has 102 valence electrons. The summed E-state index contributed by atoms with van der Waals surface area (Å²) in [6.07, 6.45) is -1.96. The lowest BCUT2D eigenvalue weighted by Gasteiger charge is -2.13. The summed E-state index contributed by atoms with van der Waals surface area (Å²) in [7, 11) is 0. The number of halogens is 3. The minimum absolute atomic E-state index is 0.0621. The Morgan fingerprint density at radius 1 is 1.63 bits per heavy atom. The molecule has 0 saturated carbocycles. The second-order valence-corrected chi connectivity index (χ2v) is 4.11. The number of carbonyl (C=O) groups excluding carboxylic acids is 1. The van der Waals surface area contributed by atoms with Crippen molar-refractivity contribution in [3.63, 3.8) is 0 Å². The van der Waals surface area contributed by atoms with Crippen LogP contribution in [0.3, 0.4) is 0 Å². The molecular weight excluding hydrogens is 322 g/mol. The van der Waals surface area contributed by atoms with Gasteiger partial charge in [0, 0.05) is 22.7 Å². The van der Waals surface area contributed by atoms with Crippen molar-refractivity contribution in [1.82, 2.24) is 4.98 Å². The van der Waals surface area contributed by atoms with E-state index in [1.807, 2.05) is 0 Å². The number of nitriles is 1. The molecule has 0 fully saturated rings. The van der Waals surface area contributed by atoms with Crippen LogP contribution in [0.4, 0.5) is 8.78 Å². The number of hydrogen-bond donors (Lipinski definition) is 0. The molecular formula is C12H11BrF2N2O2. The van der Waals surface area contributed by atoms with Gasteiger partial charge in [0.2, 0.25) is 0 Å². The second kappa shape index (κ2) is 7.14. The first kappa shape index (κ1) is 15.5. The maximum Gasteiger partial charge on any atom is 0.310 e. The van der Waals surface area contributed by atoms with Crippen LogP contribution in [0.15, 0.2) is 6.20 Å². The average Bonchev–Trinajstić information content (AvgIpc) is 2.37. The summed E-state index contributed by atoms with van der Waals surface area (Å²) < 4.78 is 31.0. The van der Waals surface area contributed by atoms with Crippen LogP contribution < -0.4 is 0 Å². The summed E-state index contributed by atoms with van der Waals surface area (Å²) in [5, 5.41) is 9.08. The molecule has 0 spiro atoms. The van der Waals surface area contributed by atoms with E-state index in [9.17, 15) is 13.6 Å². The van der Waals surface area contributed by atoms with E-state index in [-0.39, 0.29) is 40.7 Å². The zero-order valence-corrected chi connectivity index (χ0v) is 11.7. The van der Waals surface area contributed by atoms with Gasteiger partial charge >= 0.3 is 5.97 Å². The molecule has 0 N–H and O–H groups in total. The van der Waals surface area contributed by atoms with E-state index in [1.165, 1.54) is 6.20 Å². The van der Waals surface area contributed by atoms with Crippen molar-refractivity contribution in [1.29, 1.82) is 5.26 Å². The number of esters is 1. The van der Waals surface area contributed by atoms with E-state index in [4.69, 9.17) is 10.00 Å². The summed E-state index contributed by atoms with van der Waals surface area (Å²) in [6, 6.07) is 1.72. The Morgan fingerprint density at radius 2 is 2.32 bits per heavy atom. The Labute approximate surface area is 117 Å². The minimum Gasteiger partial charge on any atom is -0.466 e. The van der Waals surface area contributed by atoms with Crippen molar-refractivity contribution in [3.05, 3.63) is 28.6 Å². The van der Waals surface area contributed by atoms with E-state index in [1.54, 1.807) is 13.0 Å². The van der Waals surface area contributed by atoms with Crippen LogP contribution in [0.25, 0.3) is 0 Å². The van der Waals surface area contributed by atoms with Gasteiger partial charge in [-0.15, -0.1) is 0 Å². The maximum absolute atomic E-state index is 13.1. The van der Waals surface area contributed by atoms with Crippen molar-refractivity contribution >= 4 is 21.9 Å². The summed E-state index contributed by atoms with van der Waals surface area (Å²) in [4.78, 5) is 15.2. The molecule has 0 amide bonds. The van der Waals surface area contributed by atoms with Crippen LogP contribution in [-0.2, 0) is 21.3 Å². The fourth-order valence-corrected chi connectivity index (χ4v) is 2.07. The highest BCUT2D eigenvalue weighted by Gasteiger charge is 2.23. The van der Waals surface area contributed by atoms with Crippen LogP contribution in [0.5, 0.6) is 0 Å². The molecule has 1 aromatic heterocycles. The van der Waals surface area contributed by atoms with Crippen molar-refractivity contribution in [2.75, 3.05) is 6.61 Å². The SMILES string of the molecule is CCOC(=O)Cc1c(C#N)ncc(CBr)c1C(F)F. The quantitative estimate of drug-likeness (QED) is 0.614. The number of carbonyl (C=O) groups is 1. The summed E-state index contributed by atoms with van der Waals surface area (Å²) in [5.74, 6) is -0.658. The first-order chi connectivity index (χ1) is 9.04. The van der Waals surface area contributed by atoms with Crippen LogP contribution >= 0.6 is 15.9 Å². The van der Waals surface area contributed by atoms with Gasteiger partial charge in [-0.25, -0.2) is 13.8 Å². The predicted octanol–water partition coefficient (Wildman–Crippen LogP) is 2.89. The minimum atomic E-state index is -2.79. The number of pyridine rings is 1. The van der Waals surface area contributed by atoms with Crippen LogP contribution in [-0.4, -0.2) is 17.6 Å². The molecule has 1 rings (SSSR count). The number of rotatable bonds is 5. The molecule has 0 atom stereocenters.